The Morgan fingerprint density at radius 3 is 2.10 bits per heavy atom. The Morgan fingerprint density at radius 2 is 1.52 bits per heavy atom. The van der Waals surface area contributed by atoms with E-state index in [1.54, 1.807) is 14.2 Å². The van der Waals surface area contributed by atoms with E-state index in [1.165, 1.54) is 11.1 Å². The van der Waals surface area contributed by atoms with Crippen LogP contribution >= 0.6 is 47.8 Å². The summed E-state index contributed by atoms with van der Waals surface area (Å²) in [4.78, 5) is 0.0680. The molecule has 2 aromatic rings. The number of methoxy groups -OCH3 is 2. The molecule has 2 rings (SSSR count). The lowest BCUT2D eigenvalue weighted by atomic mass is 10.0. The minimum absolute atomic E-state index is 0.0680. The summed E-state index contributed by atoms with van der Waals surface area (Å²) in [5.74, 6) is 1.42. The topological polar surface area (TPSA) is 18.5 Å². The van der Waals surface area contributed by atoms with Crippen molar-refractivity contribution in [3.05, 3.63) is 56.0 Å². The van der Waals surface area contributed by atoms with E-state index in [1.807, 2.05) is 12.1 Å². The molecule has 0 fully saturated rings. The second-order valence-corrected chi connectivity index (χ2v) is 7.22. The molecule has 5 heteroatoms. The smallest absolute Gasteiger partial charge is 0.161 e. The predicted octanol–water partition coefficient (Wildman–Crippen LogP) is 6.02. The first-order valence-electron chi connectivity index (χ1n) is 6.29. The van der Waals surface area contributed by atoms with Crippen molar-refractivity contribution < 1.29 is 9.47 Å². The van der Waals surface area contributed by atoms with Crippen molar-refractivity contribution in [3.63, 3.8) is 0 Å². The van der Waals surface area contributed by atoms with Crippen LogP contribution in [0.3, 0.4) is 0 Å². The summed E-state index contributed by atoms with van der Waals surface area (Å²) in [6, 6.07) is 10.2. The first kappa shape index (κ1) is 16.8. The van der Waals surface area contributed by atoms with Gasteiger partial charge in [-0.1, -0.05) is 59.9 Å². The van der Waals surface area contributed by atoms with Crippen molar-refractivity contribution in [1.29, 1.82) is 0 Å². The Kier molecular flexibility index (Phi) is 5.74. The fourth-order valence-electron chi connectivity index (χ4n) is 2.07. The molecule has 2 aromatic carbocycles. The lowest BCUT2D eigenvalue weighted by Gasteiger charge is -2.17. The van der Waals surface area contributed by atoms with Crippen molar-refractivity contribution in [2.45, 2.75) is 11.8 Å². The molecule has 0 saturated carbocycles. The highest BCUT2D eigenvalue weighted by Crippen LogP contribution is 2.41. The number of aryl methyl sites for hydroxylation is 1. The molecule has 0 aliphatic rings. The van der Waals surface area contributed by atoms with E-state index in [0.717, 1.165) is 14.5 Å². The Hall–Kier alpha value is -0.520. The van der Waals surface area contributed by atoms with E-state index in [0.29, 0.717) is 11.5 Å². The number of hydrogen-bond donors (Lipinski definition) is 0. The number of rotatable bonds is 4. The van der Waals surface area contributed by atoms with E-state index >= 15 is 0 Å². The van der Waals surface area contributed by atoms with Gasteiger partial charge in [-0.25, -0.2) is 0 Å². The molecule has 0 spiro atoms. The number of alkyl halides is 1. The van der Waals surface area contributed by atoms with Crippen LogP contribution in [0.25, 0.3) is 0 Å². The summed E-state index contributed by atoms with van der Waals surface area (Å²) in [5.41, 5.74) is 3.48. The molecule has 0 heterocycles. The molecule has 112 valence electrons. The van der Waals surface area contributed by atoms with Gasteiger partial charge >= 0.3 is 0 Å². The number of hydrogen-bond acceptors (Lipinski definition) is 2. The maximum Gasteiger partial charge on any atom is 0.161 e. The highest BCUT2D eigenvalue weighted by atomic mass is 79.9. The lowest BCUT2D eigenvalue weighted by molar-refractivity contribution is 0.354. The van der Waals surface area contributed by atoms with Crippen molar-refractivity contribution in [1.82, 2.24) is 0 Å². The molecule has 2 nitrogen and oxygen atoms in total. The summed E-state index contributed by atoms with van der Waals surface area (Å²) in [6.45, 7) is 2.08. The van der Waals surface area contributed by atoms with Gasteiger partial charge in [0.1, 0.15) is 0 Å². The molecule has 21 heavy (non-hydrogen) atoms. The van der Waals surface area contributed by atoms with Crippen LogP contribution in [0.2, 0.25) is 0 Å². The zero-order valence-electron chi connectivity index (χ0n) is 11.9. The maximum absolute atomic E-state index is 5.39. The van der Waals surface area contributed by atoms with E-state index in [4.69, 9.17) is 9.47 Å². The van der Waals surface area contributed by atoms with Crippen molar-refractivity contribution in [2.24, 2.45) is 0 Å². The zero-order chi connectivity index (χ0) is 15.6. The molecule has 0 bridgehead atoms. The third kappa shape index (κ3) is 3.63. The van der Waals surface area contributed by atoms with Gasteiger partial charge < -0.3 is 9.47 Å². The average molecular weight is 479 g/mol. The predicted molar refractivity (Wildman–Crippen MR) is 96.9 cm³/mol. The largest absolute Gasteiger partial charge is 0.493 e. The molecule has 0 aromatic heterocycles. The van der Waals surface area contributed by atoms with E-state index < -0.39 is 0 Å². The van der Waals surface area contributed by atoms with Crippen LogP contribution in [0.5, 0.6) is 11.5 Å². The van der Waals surface area contributed by atoms with Crippen LogP contribution in [-0.4, -0.2) is 14.2 Å². The number of benzene rings is 2. The summed E-state index contributed by atoms with van der Waals surface area (Å²) < 4.78 is 12.8. The third-order valence-corrected chi connectivity index (χ3v) is 5.85. The van der Waals surface area contributed by atoms with Crippen LogP contribution in [0.15, 0.2) is 39.3 Å². The zero-order valence-corrected chi connectivity index (χ0v) is 16.7. The van der Waals surface area contributed by atoms with Gasteiger partial charge in [-0.05, 0) is 41.8 Å². The van der Waals surface area contributed by atoms with Gasteiger partial charge in [0.25, 0.3) is 0 Å². The molecule has 0 amide bonds. The summed E-state index contributed by atoms with van der Waals surface area (Å²) >= 11 is 10.9. The highest BCUT2D eigenvalue weighted by molar-refractivity contribution is 9.11. The minimum Gasteiger partial charge on any atom is -0.493 e. The summed E-state index contributed by atoms with van der Waals surface area (Å²) in [6.07, 6.45) is 0. The molecule has 0 saturated heterocycles. The molecule has 0 radical (unpaired) electrons. The van der Waals surface area contributed by atoms with Gasteiger partial charge in [-0.2, -0.15) is 0 Å². The molecule has 1 unspecified atom stereocenters. The molecule has 0 aliphatic carbocycles. The quantitative estimate of drug-likeness (QED) is 0.500. The summed E-state index contributed by atoms with van der Waals surface area (Å²) in [5, 5.41) is 0. The first-order chi connectivity index (χ1) is 9.97. The maximum atomic E-state index is 5.39. The molecule has 0 N–H and O–H groups in total. The Labute approximate surface area is 150 Å². The number of halogens is 3. The van der Waals surface area contributed by atoms with Crippen LogP contribution in [0.1, 0.15) is 21.5 Å². The molecular weight excluding hydrogens is 464 g/mol. The average Bonchev–Trinajstić information content (AvgIpc) is 2.49. The van der Waals surface area contributed by atoms with Gasteiger partial charge in [0, 0.05) is 8.95 Å². The SMILES string of the molecule is COc1cc(Br)c(C(Br)c2ccc(Br)c(C)c2)cc1OC. The monoisotopic (exact) mass is 476 g/mol. The third-order valence-electron chi connectivity index (χ3n) is 3.25. The van der Waals surface area contributed by atoms with E-state index in [9.17, 15) is 0 Å². The fraction of sp³-hybridized carbons (Fsp3) is 0.250. The lowest BCUT2D eigenvalue weighted by Crippen LogP contribution is -1.98. The van der Waals surface area contributed by atoms with Crippen LogP contribution < -0.4 is 9.47 Å². The van der Waals surface area contributed by atoms with Crippen molar-refractivity contribution >= 4 is 47.8 Å². The van der Waals surface area contributed by atoms with Crippen LogP contribution in [0.4, 0.5) is 0 Å². The van der Waals surface area contributed by atoms with Crippen LogP contribution in [-0.2, 0) is 0 Å². The van der Waals surface area contributed by atoms with Gasteiger partial charge in [0.2, 0.25) is 0 Å². The van der Waals surface area contributed by atoms with E-state index in [2.05, 4.69) is 72.9 Å². The van der Waals surface area contributed by atoms with Crippen molar-refractivity contribution in [2.75, 3.05) is 14.2 Å². The summed E-state index contributed by atoms with van der Waals surface area (Å²) in [7, 11) is 3.27. The first-order valence-corrected chi connectivity index (χ1v) is 8.79. The van der Waals surface area contributed by atoms with Gasteiger partial charge in [0.05, 0.1) is 19.0 Å². The fourth-order valence-corrected chi connectivity index (χ4v) is 3.84. The number of ether oxygens (including phenoxy) is 2. The van der Waals surface area contributed by atoms with Gasteiger partial charge in [0.15, 0.2) is 11.5 Å². The molecular formula is C16H15Br3O2. The standard InChI is InChI=1S/C16H15Br3O2/c1-9-6-10(4-5-12(9)17)16(19)11-7-14(20-2)15(21-3)8-13(11)18/h4-8,16H,1-3H3. The highest BCUT2D eigenvalue weighted by Gasteiger charge is 2.18. The normalized spacial score (nSPS) is 12.1. The van der Waals surface area contributed by atoms with Gasteiger partial charge in [-0.3, -0.25) is 0 Å². The van der Waals surface area contributed by atoms with Crippen molar-refractivity contribution in [3.8, 4) is 11.5 Å². The van der Waals surface area contributed by atoms with Crippen LogP contribution in [0, 0.1) is 6.92 Å². The Bertz CT molecular complexity index is 656. The second-order valence-electron chi connectivity index (χ2n) is 4.60. The Balaban J connectivity index is 2.47. The second kappa shape index (κ2) is 7.16. The Morgan fingerprint density at radius 1 is 0.905 bits per heavy atom. The van der Waals surface area contributed by atoms with E-state index in [-0.39, 0.29) is 4.83 Å². The van der Waals surface area contributed by atoms with Gasteiger partial charge in [-0.15, -0.1) is 0 Å². The minimum atomic E-state index is 0.0680. The molecule has 1 atom stereocenters. The molecule has 0 aliphatic heterocycles.